The van der Waals surface area contributed by atoms with Crippen molar-refractivity contribution in [3.05, 3.63) is 44.4 Å². The van der Waals surface area contributed by atoms with Crippen LogP contribution < -0.4 is 5.32 Å². The molecule has 0 aliphatic heterocycles. The fourth-order valence-corrected chi connectivity index (χ4v) is 2.78. The third kappa shape index (κ3) is 3.05. The van der Waals surface area contributed by atoms with E-state index >= 15 is 0 Å². The molecule has 94 valence electrons. The largest absolute Gasteiger partial charge is 0.478 e. The number of nitrogens with one attached hydrogen (secondary N) is 1. The molecule has 0 atom stereocenters. The number of carboxylic acid groups (broad SMARTS) is 1. The Morgan fingerprint density at radius 1 is 1.56 bits per heavy atom. The molecular weight excluding hydrogens is 323 g/mol. The van der Waals surface area contributed by atoms with Gasteiger partial charge in [-0.25, -0.2) is 14.2 Å². The minimum absolute atomic E-state index is 0.161. The summed E-state index contributed by atoms with van der Waals surface area (Å²) in [4.78, 5) is 15.7. The number of thiophene rings is 1. The molecule has 0 bridgehead atoms. The molecule has 2 rings (SSSR count). The summed E-state index contributed by atoms with van der Waals surface area (Å²) in [5.41, 5.74) is -0.175. The SMILES string of the molecule is O=C(O)c1cc(F)cnc1NCc1ccc(Br)s1. The molecule has 0 saturated heterocycles. The lowest BCUT2D eigenvalue weighted by molar-refractivity contribution is 0.0697. The van der Waals surface area contributed by atoms with E-state index in [0.29, 0.717) is 6.54 Å². The third-order valence-corrected chi connectivity index (χ3v) is 3.77. The molecule has 18 heavy (non-hydrogen) atoms. The Morgan fingerprint density at radius 3 is 2.94 bits per heavy atom. The van der Waals surface area contributed by atoms with Crippen molar-refractivity contribution in [1.29, 1.82) is 0 Å². The fraction of sp³-hybridized carbons (Fsp3) is 0.0909. The Balaban J connectivity index is 2.16. The highest BCUT2D eigenvalue weighted by atomic mass is 79.9. The van der Waals surface area contributed by atoms with Crippen molar-refractivity contribution in [3.8, 4) is 0 Å². The number of anilines is 1. The van der Waals surface area contributed by atoms with Gasteiger partial charge in [-0.1, -0.05) is 0 Å². The van der Waals surface area contributed by atoms with Gasteiger partial charge in [0.1, 0.15) is 17.2 Å². The Morgan fingerprint density at radius 2 is 2.33 bits per heavy atom. The van der Waals surface area contributed by atoms with Crippen molar-refractivity contribution in [2.45, 2.75) is 6.54 Å². The number of pyridine rings is 1. The molecule has 0 radical (unpaired) electrons. The van der Waals surface area contributed by atoms with Crippen molar-refractivity contribution in [1.82, 2.24) is 4.98 Å². The summed E-state index contributed by atoms with van der Waals surface area (Å²) >= 11 is 4.87. The highest BCUT2D eigenvalue weighted by molar-refractivity contribution is 9.11. The van der Waals surface area contributed by atoms with Crippen molar-refractivity contribution < 1.29 is 14.3 Å². The average molecular weight is 331 g/mol. The normalized spacial score (nSPS) is 10.3. The van der Waals surface area contributed by atoms with E-state index in [4.69, 9.17) is 5.11 Å². The second kappa shape index (κ2) is 5.45. The quantitative estimate of drug-likeness (QED) is 0.902. The zero-order chi connectivity index (χ0) is 13.1. The van der Waals surface area contributed by atoms with Crippen LogP contribution in [0.3, 0.4) is 0 Å². The number of aromatic nitrogens is 1. The Hall–Kier alpha value is -1.47. The summed E-state index contributed by atoms with van der Waals surface area (Å²) in [6, 6.07) is 4.76. The van der Waals surface area contributed by atoms with Crippen molar-refractivity contribution >= 4 is 39.1 Å². The number of hydrogen-bond acceptors (Lipinski definition) is 4. The lowest BCUT2D eigenvalue weighted by Gasteiger charge is -2.07. The summed E-state index contributed by atoms with van der Waals surface area (Å²) in [7, 11) is 0. The maximum absolute atomic E-state index is 12.9. The number of carboxylic acids is 1. The minimum atomic E-state index is -1.21. The smallest absolute Gasteiger partial charge is 0.339 e. The Bertz CT molecular complexity index is 588. The molecule has 0 fully saturated rings. The van der Waals surface area contributed by atoms with Crippen LogP contribution >= 0.6 is 27.3 Å². The Kier molecular flexibility index (Phi) is 3.93. The molecule has 0 saturated carbocycles. The van der Waals surface area contributed by atoms with E-state index in [2.05, 4.69) is 26.2 Å². The van der Waals surface area contributed by atoms with E-state index in [9.17, 15) is 9.18 Å². The fourth-order valence-electron chi connectivity index (χ4n) is 1.36. The molecule has 0 aliphatic rings. The van der Waals surface area contributed by atoms with Gasteiger partial charge < -0.3 is 10.4 Å². The molecule has 2 N–H and O–H groups in total. The van der Waals surface area contributed by atoms with Gasteiger partial charge in [0, 0.05) is 4.88 Å². The van der Waals surface area contributed by atoms with Gasteiger partial charge in [0.05, 0.1) is 16.5 Å². The number of hydrogen-bond donors (Lipinski definition) is 2. The van der Waals surface area contributed by atoms with Gasteiger partial charge in [-0.2, -0.15) is 0 Å². The second-order valence-corrected chi connectivity index (χ2v) is 5.96. The topological polar surface area (TPSA) is 62.2 Å². The number of rotatable bonds is 4. The highest BCUT2D eigenvalue weighted by Crippen LogP contribution is 2.23. The van der Waals surface area contributed by atoms with E-state index in [1.54, 1.807) is 0 Å². The van der Waals surface area contributed by atoms with Crippen LogP contribution in [0.25, 0.3) is 0 Å². The van der Waals surface area contributed by atoms with Crippen LogP contribution in [-0.2, 0) is 6.54 Å². The number of carbonyl (C=O) groups is 1. The van der Waals surface area contributed by atoms with Crippen molar-refractivity contribution in [2.24, 2.45) is 0 Å². The number of nitrogens with zero attached hydrogens (tertiary/aromatic N) is 1. The van der Waals surface area contributed by atoms with E-state index in [0.717, 1.165) is 20.9 Å². The van der Waals surface area contributed by atoms with Crippen LogP contribution in [0.4, 0.5) is 10.2 Å². The van der Waals surface area contributed by atoms with E-state index in [1.165, 1.54) is 11.3 Å². The standard InChI is InChI=1S/C11H8BrFN2O2S/c12-9-2-1-7(18-9)5-15-10-8(11(16)17)3-6(13)4-14-10/h1-4H,5H2,(H,14,15)(H,16,17). The summed E-state index contributed by atoms with van der Waals surface area (Å²) < 4.78 is 13.9. The van der Waals surface area contributed by atoms with Gasteiger partial charge in [0.2, 0.25) is 0 Å². The van der Waals surface area contributed by atoms with E-state index in [-0.39, 0.29) is 11.4 Å². The average Bonchev–Trinajstić information content (AvgIpc) is 2.73. The summed E-state index contributed by atoms with van der Waals surface area (Å²) in [5.74, 6) is -1.72. The molecular formula is C11H8BrFN2O2S. The summed E-state index contributed by atoms with van der Waals surface area (Å²) in [5, 5.41) is 11.8. The predicted octanol–water partition coefficient (Wildman–Crippen LogP) is 3.36. The second-order valence-electron chi connectivity index (χ2n) is 3.41. The van der Waals surface area contributed by atoms with E-state index in [1.807, 2.05) is 12.1 Å². The zero-order valence-electron chi connectivity index (χ0n) is 8.98. The molecule has 0 aromatic carbocycles. The molecule has 4 nitrogen and oxygen atoms in total. The summed E-state index contributed by atoms with van der Waals surface area (Å²) in [6.45, 7) is 0.440. The van der Waals surface area contributed by atoms with Crippen LogP contribution in [0.2, 0.25) is 0 Å². The first kappa shape index (κ1) is 13.0. The van der Waals surface area contributed by atoms with E-state index < -0.39 is 11.8 Å². The molecule has 2 aromatic heterocycles. The first-order valence-corrected chi connectivity index (χ1v) is 6.54. The van der Waals surface area contributed by atoms with Crippen LogP contribution in [0.1, 0.15) is 15.2 Å². The monoisotopic (exact) mass is 330 g/mol. The first-order chi connectivity index (χ1) is 8.56. The number of aromatic carboxylic acids is 1. The lowest BCUT2D eigenvalue weighted by atomic mass is 10.2. The maximum atomic E-state index is 12.9. The van der Waals surface area contributed by atoms with Gasteiger partial charge in [-0.3, -0.25) is 0 Å². The molecule has 0 unspecified atom stereocenters. The van der Waals surface area contributed by atoms with Gasteiger partial charge >= 0.3 is 5.97 Å². The predicted molar refractivity (Wildman–Crippen MR) is 70.5 cm³/mol. The van der Waals surface area contributed by atoms with Crippen LogP contribution in [0.5, 0.6) is 0 Å². The first-order valence-electron chi connectivity index (χ1n) is 4.93. The van der Waals surface area contributed by atoms with Gasteiger partial charge in [0.25, 0.3) is 0 Å². The van der Waals surface area contributed by atoms with Crippen LogP contribution in [0, 0.1) is 5.82 Å². The lowest BCUT2D eigenvalue weighted by Crippen LogP contribution is -2.08. The third-order valence-electron chi connectivity index (χ3n) is 2.14. The molecule has 0 spiro atoms. The molecule has 2 aromatic rings. The minimum Gasteiger partial charge on any atom is -0.478 e. The Labute approximate surface area is 115 Å². The van der Waals surface area contributed by atoms with Gasteiger partial charge in [-0.15, -0.1) is 11.3 Å². The number of halogens is 2. The molecule has 7 heteroatoms. The molecule has 0 amide bonds. The summed E-state index contributed by atoms with van der Waals surface area (Å²) in [6.07, 6.45) is 0.985. The molecule has 2 heterocycles. The maximum Gasteiger partial charge on any atom is 0.339 e. The van der Waals surface area contributed by atoms with Crippen molar-refractivity contribution in [3.63, 3.8) is 0 Å². The van der Waals surface area contributed by atoms with Gasteiger partial charge in [0.15, 0.2) is 0 Å². The van der Waals surface area contributed by atoms with Gasteiger partial charge in [-0.05, 0) is 34.1 Å². The molecule has 0 aliphatic carbocycles. The highest BCUT2D eigenvalue weighted by Gasteiger charge is 2.12. The van der Waals surface area contributed by atoms with Crippen LogP contribution in [0.15, 0.2) is 28.2 Å². The van der Waals surface area contributed by atoms with Crippen molar-refractivity contribution in [2.75, 3.05) is 5.32 Å². The zero-order valence-corrected chi connectivity index (χ0v) is 11.4. The van der Waals surface area contributed by atoms with Crippen LogP contribution in [-0.4, -0.2) is 16.1 Å².